The van der Waals surface area contributed by atoms with Gasteiger partial charge in [0.25, 0.3) is 0 Å². The van der Waals surface area contributed by atoms with Crippen LogP contribution in [0.25, 0.3) is 21.2 Å². The molecule has 0 aliphatic carbocycles. The van der Waals surface area contributed by atoms with Crippen molar-refractivity contribution in [1.82, 2.24) is 0 Å². The van der Waals surface area contributed by atoms with Crippen molar-refractivity contribution in [3.05, 3.63) is 58.5 Å². The predicted molar refractivity (Wildman–Crippen MR) is 81.5 cm³/mol. The molecule has 0 saturated carbocycles. The van der Waals surface area contributed by atoms with Crippen molar-refractivity contribution < 1.29 is 0 Å². The summed E-state index contributed by atoms with van der Waals surface area (Å²) in [6.45, 7) is 4.22. The highest BCUT2D eigenvalue weighted by Gasteiger charge is 2.09. The minimum Gasteiger partial charge on any atom is -0.192 e. The first-order valence-electron chi connectivity index (χ1n) is 6.19. The molecule has 1 nitrogen and oxygen atoms in total. The molecule has 0 bridgehead atoms. The van der Waals surface area contributed by atoms with Crippen LogP contribution < -0.4 is 0 Å². The number of nitriles is 1. The maximum Gasteiger partial charge on any atom is 0.0991 e. The summed E-state index contributed by atoms with van der Waals surface area (Å²) < 4.78 is 1.30. The zero-order chi connectivity index (χ0) is 13.4. The van der Waals surface area contributed by atoms with Crippen LogP contribution in [0.4, 0.5) is 0 Å². The Morgan fingerprint density at radius 1 is 1.00 bits per heavy atom. The van der Waals surface area contributed by atoms with Crippen LogP contribution in [-0.2, 0) is 0 Å². The van der Waals surface area contributed by atoms with Crippen molar-refractivity contribution in [1.29, 1.82) is 5.26 Å². The normalized spacial score (nSPS) is 10.6. The van der Waals surface area contributed by atoms with Crippen LogP contribution in [0.5, 0.6) is 0 Å². The fraction of sp³-hybridized carbons (Fsp3) is 0.118. The number of benzene rings is 2. The summed E-state index contributed by atoms with van der Waals surface area (Å²) in [6, 6.07) is 16.7. The monoisotopic (exact) mass is 263 g/mol. The highest BCUT2D eigenvalue weighted by atomic mass is 32.1. The van der Waals surface area contributed by atoms with E-state index in [0.29, 0.717) is 5.56 Å². The zero-order valence-corrected chi connectivity index (χ0v) is 11.7. The van der Waals surface area contributed by atoms with Gasteiger partial charge in [-0.2, -0.15) is 5.26 Å². The smallest absolute Gasteiger partial charge is 0.0991 e. The van der Waals surface area contributed by atoms with Gasteiger partial charge >= 0.3 is 0 Å². The van der Waals surface area contributed by atoms with Crippen molar-refractivity contribution in [2.75, 3.05) is 0 Å². The van der Waals surface area contributed by atoms with Gasteiger partial charge in [-0.05, 0) is 54.8 Å². The molecule has 1 heterocycles. The molecule has 0 saturated heterocycles. The van der Waals surface area contributed by atoms with Crippen LogP contribution in [0.1, 0.15) is 16.0 Å². The van der Waals surface area contributed by atoms with E-state index >= 15 is 0 Å². The Bertz CT molecular complexity index is 806. The lowest BCUT2D eigenvalue weighted by molar-refractivity contribution is 1.43. The van der Waals surface area contributed by atoms with Gasteiger partial charge in [0.05, 0.1) is 11.6 Å². The fourth-order valence-corrected chi connectivity index (χ4v) is 3.35. The van der Waals surface area contributed by atoms with Crippen LogP contribution in [-0.4, -0.2) is 0 Å². The summed E-state index contributed by atoms with van der Waals surface area (Å²) >= 11 is 1.81. The first-order valence-corrected chi connectivity index (χ1v) is 7.01. The zero-order valence-electron chi connectivity index (χ0n) is 10.9. The Hall–Kier alpha value is -2.11. The van der Waals surface area contributed by atoms with Crippen molar-refractivity contribution in [3.8, 4) is 17.2 Å². The van der Waals surface area contributed by atoms with Crippen molar-refractivity contribution in [2.45, 2.75) is 13.8 Å². The van der Waals surface area contributed by atoms with E-state index in [1.807, 2.05) is 29.5 Å². The third kappa shape index (κ3) is 2.03. The van der Waals surface area contributed by atoms with Crippen molar-refractivity contribution in [3.63, 3.8) is 0 Å². The minimum absolute atomic E-state index is 0.713. The molecule has 19 heavy (non-hydrogen) atoms. The van der Waals surface area contributed by atoms with E-state index in [-0.39, 0.29) is 0 Å². The van der Waals surface area contributed by atoms with E-state index in [2.05, 4.69) is 44.2 Å². The van der Waals surface area contributed by atoms with E-state index in [4.69, 9.17) is 5.26 Å². The van der Waals surface area contributed by atoms with Gasteiger partial charge < -0.3 is 0 Å². The van der Waals surface area contributed by atoms with Crippen LogP contribution in [0, 0.1) is 25.2 Å². The number of hydrogen-bond donors (Lipinski definition) is 0. The highest BCUT2D eigenvalue weighted by Crippen LogP contribution is 2.35. The second-order valence-corrected chi connectivity index (χ2v) is 6.00. The van der Waals surface area contributed by atoms with E-state index < -0.39 is 0 Å². The summed E-state index contributed by atoms with van der Waals surface area (Å²) in [5.41, 5.74) is 4.29. The van der Waals surface area contributed by atoms with E-state index in [1.54, 1.807) is 0 Å². The second kappa shape index (κ2) is 4.53. The van der Waals surface area contributed by atoms with E-state index in [1.165, 1.54) is 26.1 Å². The molecule has 3 rings (SSSR count). The fourth-order valence-electron chi connectivity index (χ4n) is 2.40. The standard InChI is InChI=1S/C17H13NS/c1-11-6-7-13(10-18)9-15(11)14-4-3-5-17-16(14)8-12(2)19-17/h3-9H,1-2H3. The topological polar surface area (TPSA) is 23.8 Å². The van der Waals surface area contributed by atoms with Gasteiger partial charge in [-0.25, -0.2) is 0 Å². The maximum absolute atomic E-state index is 9.07. The number of nitrogens with zero attached hydrogens (tertiary/aromatic N) is 1. The molecule has 0 N–H and O–H groups in total. The lowest BCUT2D eigenvalue weighted by Gasteiger charge is -2.08. The lowest BCUT2D eigenvalue weighted by atomic mass is 9.96. The molecule has 0 amide bonds. The molecule has 1 aromatic heterocycles. The van der Waals surface area contributed by atoms with E-state index in [9.17, 15) is 0 Å². The largest absolute Gasteiger partial charge is 0.192 e. The molecule has 0 unspecified atom stereocenters. The molecule has 0 fully saturated rings. The number of aryl methyl sites for hydroxylation is 2. The number of hydrogen-bond acceptors (Lipinski definition) is 2. The third-order valence-electron chi connectivity index (χ3n) is 3.34. The average molecular weight is 263 g/mol. The molecule has 0 aliphatic heterocycles. The second-order valence-electron chi connectivity index (χ2n) is 4.72. The summed E-state index contributed by atoms with van der Waals surface area (Å²) in [4.78, 5) is 1.32. The Balaban J connectivity index is 2.33. The Labute approximate surface area is 116 Å². The summed E-state index contributed by atoms with van der Waals surface area (Å²) in [7, 11) is 0. The van der Waals surface area contributed by atoms with Gasteiger partial charge in [-0.1, -0.05) is 18.2 Å². The van der Waals surface area contributed by atoms with E-state index in [0.717, 1.165) is 5.56 Å². The Morgan fingerprint density at radius 3 is 2.63 bits per heavy atom. The predicted octanol–water partition coefficient (Wildman–Crippen LogP) is 5.06. The quantitative estimate of drug-likeness (QED) is 0.602. The molecular formula is C17H13NS. The van der Waals surface area contributed by atoms with Gasteiger partial charge in [0.1, 0.15) is 0 Å². The molecular weight excluding hydrogens is 250 g/mol. The van der Waals surface area contributed by atoms with Gasteiger partial charge in [0.15, 0.2) is 0 Å². The first kappa shape index (κ1) is 12.0. The summed E-state index contributed by atoms with van der Waals surface area (Å²) in [5, 5.41) is 10.4. The molecule has 2 heteroatoms. The Morgan fingerprint density at radius 2 is 1.84 bits per heavy atom. The van der Waals surface area contributed by atoms with Crippen molar-refractivity contribution >= 4 is 21.4 Å². The number of fused-ring (bicyclic) bond motifs is 1. The van der Waals surface area contributed by atoms with Gasteiger partial charge in [0, 0.05) is 15.0 Å². The maximum atomic E-state index is 9.07. The molecule has 2 aromatic carbocycles. The number of rotatable bonds is 1. The molecule has 0 spiro atoms. The van der Waals surface area contributed by atoms with Crippen molar-refractivity contribution in [2.24, 2.45) is 0 Å². The highest BCUT2D eigenvalue weighted by molar-refractivity contribution is 7.19. The first-order chi connectivity index (χ1) is 9.19. The summed E-state index contributed by atoms with van der Waals surface area (Å²) in [6.07, 6.45) is 0. The Kier molecular flexibility index (Phi) is 2.85. The molecule has 0 aliphatic rings. The van der Waals surface area contributed by atoms with Gasteiger partial charge in [-0.3, -0.25) is 0 Å². The van der Waals surface area contributed by atoms with Crippen LogP contribution >= 0.6 is 11.3 Å². The van der Waals surface area contributed by atoms with Crippen LogP contribution in [0.2, 0.25) is 0 Å². The number of thiophene rings is 1. The van der Waals surface area contributed by atoms with Crippen LogP contribution in [0.3, 0.4) is 0 Å². The average Bonchev–Trinajstić information content (AvgIpc) is 2.79. The minimum atomic E-state index is 0.713. The molecule has 3 aromatic rings. The SMILES string of the molecule is Cc1cc2c(-c3cc(C#N)ccc3C)cccc2s1. The van der Waals surface area contributed by atoms with Crippen LogP contribution in [0.15, 0.2) is 42.5 Å². The molecule has 0 atom stereocenters. The third-order valence-corrected chi connectivity index (χ3v) is 4.36. The van der Waals surface area contributed by atoms with Gasteiger partial charge in [0.2, 0.25) is 0 Å². The summed E-state index contributed by atoms with van der Waals surface area (Å²) in [5.74, 6) is 0. The molecule has 0 radical (unpaired) electrons. The lowest BCUT2D eigenvalue weighted by Crippen LogP contribution is -1.86. The molecule has 92 valence electrons. The van der Waals surface area contributed by atoms with Gasteiger partial charge in [-0.15, -0.1) is 11.3 Å².